The number of rotatable bonds is 4. The summed E-state index contributed by atoms with van der Waals surface area (Å²) in [4.78, 5) is 4.72. The van der Waals surface area contributed by atoms with E-state index in [9.17, 15) is 0 Å². The van der Waals surface area contributed by atoms with E-state index in [1.807, 2.05) is 12.3 Å². The third-order valence-corrected chi connectivity index (χ3v) is 4.53. The fraction of sp³-hybridized carbons (Fsp3) is 0.350. The van der Waals surface area contributed by atoms with Gasteiger partial charge in [-0.25, -0.2) is 0 Å². The Hall–Kier alpha value is -1.89. The minimum atomic E-state index is 0.549. The van der Waals surface area contributed by atoms with Crippen LogP contribution in [-0.4, -0.2) is 4.98 Å². The van der Waals surface area contributed by atoms with Crippen LogP contribution in [0.4, 0.5) is 0 Å². The van der Waals surface area contributed by atoms with Crippen LogP contribution in [0.1, 0.15) is 49.4 Å². The van der Waals surface area contributed by atoms with Crippen LogP contribution in [0.15, 0.2) is 48.7 Å². The average Bonchev–Trinajstić information content (AvgIpc) is 2.54. The van der Waals surface area contributed by atoms with Gasteiger partial charge in [-0.3, -0.25) is 4.98 Å². The molecule has 1 unspecified atom stereocenters. The van der Waals surface area contributed by atoms with Crippen LogP contribution in [0.3, 0.4) is 0 Å². The molecule has 0 saturated carbocycles. The molecule has 2 aliphatic carbocycles. The van der Waals surface area contributed by atoms with Gasteiger partial charge in [-0.2, -0.15) is 0 Å². The lowest BCUT2D eigenvalue weighted by atomic mass is 9.83. The van der Waals surface area contributed by atoms with Gasteiger partial charge in [0.05, 0.1) is 5.69 Å². The molecule has 0 bridgehead atoms. The molecule has 0 saturated heterocycles. The molecule has 2 aliphatic rings. The molecule has 0 amide bonds. The third kappa shape index (κ3) is 2.78. The predicted molar refractivity (Wildman–Crippen MR) is 90.9 cm³/mol. The van der Waals surface area contributed by atoms with Crippen molar-refractivity contribution in [1.29, 1.82) is 0 Å². The molecule has 0 radical (unpaired) electrons. The largest absolute Gasteiger partial charge is 0.256 e. The van der Waals surface area contributed by atoms with E-state index in [4.69, 9.17) is 4.98 Å². The first-order valence-electron chi connectivity index (χ1n) is 7.96. The molecule has 1 nitrogen and oxygen atoms in total. The Morgan fingerprint density at radius 2 is 2.05 bits per heavy atom. The van der Waals surface area contributed by atoms with E-state index in [0.29, 0.717) is 5.92 Å². The summed E-state index contributed by atoms with van der Waals surface area (Å²) in [6.07, 6.45) is 18.7. The minimum absolute atomic E-state index is 0.549. The highest BCUT2D eigenvalue weighted by molar-refractivity contribution is 5.82. The van der Waals surface area contributed by atoms with Crippen LogP contribution >= 0.6 is 0 Å². The number of aromatic nitrogens is 1. The lowest BCUT2D eigenvalue weighted by molar-refractivity contribution is 0.657. The Balaban J connectivity index is 2.11. The molecule has 0 aliphatic heterocycles. The number of fused-ring (bicyclic) bond motifs is 1. The van der Waals surface area contributed by atoms with Gasteiger partial charge in [-0.05, 0) is 55.2 Å². The monoisotopic (exact) mass is 277 g/mol. The molecule has 0 aromatic carbocycles. The number of pyridine rings is 1. The lowest BCUT2D eigenvalue weighted by Crippen LogP contribution is -2.08. The molecular weight excluding hydrogens is 254 g/mol. The lowest BCUT2D eigenvalue weighted by Gasteiger charge is -2.23. The van der Waals surface area contributed by atoms with Crippen LogP contribution in [0, 0.1) is 5.92 Å². The highest BCUT2D eigenvalue weighted by atomic mass is 14.7. The van der Waals surface area contributed by atoms with Gasteiger partial charge in [0.2, 0.25) is 0 Å². The smallest absolute Gasteiger partial charge is 0.0776 e. The number of hydrogen-bond acceptors (Lipinski definition) is 1. The van der Waals surface area contributed by atoms with Crippen molar-refractivity contribution in [2.75, 3.05) is 0 Å². The highest BCUT2D eigenvalue weighted by Gasteiger charge is 2.20. The van der Waals surface area contributed by atoms with Gasteiger partial charge in [0, 0.05) is 11.8 Å². The quantitative estimate of drug-likeness (QED) is 0.675. The molecule has 0 N–H and O–H groups in total. The molecule has 1 heteroatoms. The molecule has 1 atom stereocenters. The highest BCUT2D eigenvalue weighted by Crippen LogP contribution is 2.36. The van der Waals surface area contributed by atoms with E-state index >= 15 is 0 Å². The van der Waals surface area contributed by atoms with E-state index < -0.39 is 0 Å². The van der Waals surface area contributed by atoms with Crippen LogP contribution in [0.25, 0.3) is 11.6 Å². The molecule has 0 spiro atoms. The predicted octanol–water partition coefficient (Wildman–Crippen LogP) is 5.36. The van der Waals surface area contributed by atoms with Gasteiger partial charge in [0.15, 0.2) is 0 Å². The van der Waals surface area contributed by atoms with Gasteiger partial charge in [-0.1, -0.05) is 42.9 Å². The van der Waals surface area contributed by atoms with Crippen molar-refractivity contribution in [2.45, 2.75) is 39.0 Å². The topological polar surface area (TPSA) is 12.9 Å². The van der Waals surface area contributed by atoms with Gasteiger partial charge < -0.3 is 0 Å². The summed E-state index contributed by atoms with van der Waals surface area (Å²) < 4.78 is 0. The van der Waals surface area contributed by atoms with E-state index in [1.54, 1.807) is 0 Å². The molecule has 0 fully saturated rings. The summed E-state index contributed by atoms with van der Waals surface area (Å²) in [5.41, 5.74) is 6.82. The first kappa shape index (κ1) is 14.1. The van der Waals surface area contributed by atoms with Gasteiger partial charge in [-0.15, -0.1) is 6.58 Å². The molecule has 1 aromatic rings. The summed E-state index contributed by atoms with van der Waals surface area (Å²) in [5.74, 6) is 0.549. The zero-order valence-electron chi connectivity index (χ0n) is 12.8. The number of allylic oxidation sites excluding steroid dienone is 6. The maximum absolute atomic E-state index is 4.72. The fourth-order valence-corrected chi connectivity index (χ4v) is 3.39. The summed E-state index contributed by atoms with van der Waals surface area (Å²) in [5, 5.41) is 0. The summed E-state index contributed by atoms with van der Waals surface area (Å²) in [6.45, 7) is 6.20. The first-order chi connectivity index (χ1) is 10.3. The van der Waals surface area contributed by atoms with E-state index in [-0.39, 0.29) is 0 Å². The molecule has 3 rings (SSSR count). The second-order valence-corrected chi connectivity index (χ2v) is 5.98. The Morgan fingerprint density at radius 1 is 1.24 bits per heavy atom. The van der Waals surface area contributed by atoms with Gasteiger partial charge in [0.1, 0.15) is 0 Å². The van der Waals surface area contributed by atoms with Crippen LogP contribution in [-0.2, 0) is 6.42 Å². The van der Waals surface area contributed by atoms with Crippen molar-refractivity contribution in [3.05, 3.63) is 65.5 Å². The number of hydrogen-bond donors (Lipinski definition) is 0. The van der Waals surface area contributed by atoms with E-state index in [1.165, 1.54) is 28.0 Å². The first-order valence-corrected chi connectivity index (χ1v) is 7.96. The van der Waals surface area contributed by atoms with Crippen molar-refractivity contribution >= 4 is 11.6 Å². The van der Waals surface area contributed by atoms with Gasteiger partial charge >= 0.3 is 0 Å². The normalized spacial score (nSPS) is 18.5. The van der Waals surface area contributed by atoms with Crippen LogP contribution < -0.4 is 0 Å². The Kier molecular flexibility index (Phi) is 4.19. The minimum Gasteiger partial charge on any atom is -0.256 e. The zero-order valence-corrected chi connectivity index (χ0v) is 12.8. The standard InChI is InChI=1S/C20H23N/c1-3-8-15(2)17-10-6-7-12-19(17)20-18-11-5-4-9-16(18)13-14-21-20/h3,5,7,11-15H,1,4,6,8-10H2,2H3. The molecule has 1 aromatic heterocycles. The Morgan fingerprint density at radius 3 is 2.90 bits per heavy atom. The summed E-state index contributed by atoms with van der Waals surface area (Å²) >= 11 is 0. The second kappa shape index (κ2) is 6.26. The molecular formula is C20H23N. The maximum atomic E-state index is 4.72. The zero-order chi connectivity index (χ0) is 14.7. The Labute approximate surface area is 127 Å². The van der Waals surface area contributed by atoms with Crippen molar-refractivity contribution in [2.24, 2.45) is 5.92 Å². The second-order valence-electron chi connectivity index (χ2n) is 5.98. The maximum Gasteiger partial charge on any atom is 0.0776 e. The third-order valence-electron chi connectivity index (χ3n) is 4.53. The van der Waals surface area contributed by atoms with Crippen LogP contribution in [0.2, 0.25) is 0 Å². The SMILES string of the molecule is C=CCC(C)C1=C(c2nccc3c2C=CCC3)C=CCC1. The van der Waals surface area contributed by atoms with Crippen molar-refractivity contribution < 1.29 is 0 Å². The van der Waals surface area contributed by atoms with Gasteiger partial charge in [0.25, 0.3) is 0 Å². The summed E-state index contributed by atoms with van der Waals surface area (Å²) in [7, 11) is 0. The number of nitrogens with zero attached hydrogens (tertiary/aromatic N) is 1. The fourth-order valence-electron chi connectivity index (χ4n) is 3.39. The number of aryl methyl sites for hydroxylation is 1. The molecule has 108 valence electrons. The van der Waals surface area contributed by atoms with Crippen molar-refractivity contribution in [3.63, 3.8) is 0 Å². The van der Waals surface area contributed by atoms with E-state index in [0.717, 1.165) is 32.1 Å². The van der Waals surface area contributed by atoms with Crippen molar-refractivity contribution in [1.82, 2.24) is 4.98 Å². The molecule has 21 heavy (non-hydrogen) atoms. The van der Waals surface area contributed by atoms with E-state index in [2.05, 4.69) is 43.9 Å². The van der Waals surface area contributed by atoms with Crippen LogP contribution in [0.5, 0.6) is 0 Å². The Bertz CT molecular complexity index is 631. The molecule has 1 heterocycles. The summed E-state index contributed by atoms with van der Waals surface area (Å²) in [6, 6.07) is 2.17. The average molecular weight is 277 g/mol. The van der Waals surface area contributed by atoms with Crippen molar-refractivity contribution in [3.8, 4) is 0 Å².